The standard InChI is InChI=1S/C29H44N6O5/c1-8-29(38,19-21(2)34(15-9-13-30)17-11-23-32-27(4,5)25(36)39-23)20-22(3)35(16-10-14-31)18-12-24-33-28(6,7)26(37)40-24/h8,21-22,38H,1,9-12,15-20H2,2-7H3. The third-order valence-corrected chi connectivity index (χ3v) is 7.40. The van der Waals surface area contributed by atoms with E-state index in [1.54, 1.807) is 33.8 Å². The van der Waals surface area contributed by atoms with Crippen LogP contribution in [0.5, 0.6) is 0 Å². The lowest BCUT2D eigenvalue weighted by Crippen LogP contribution is -2.46. The molecule has 0 aliphatic carbocycles. The lowest BCUT2D eigenvalue weighted by atomic mass is 9.87. The van der Waals surface area contributed by atoms with Crippen LogP contribution in [-0.2, 0) is 19.1 Å². The number of rotatable bonds is 17. The Hall–Kier alpha value is -3.12. The summed E-state index contributed by atoms with van der Waals surface area (Å²) in [5.41, 5.74) is -3.00. The zero-order valence-electron chi connectivity index (χ0n) is 24.8. The zero-order chi connectivity index (χ0) is 30.1. The Morgan fingerprint density at radius 3 is 1.52 bits per heavy atom. The van der Waals surface area contributed by atoms with E-state index in [-0.39, 0.29) is 24.0 Å². The van der Waals surface area contributed by atoms with Gasteiger partial charge in [0.25, 0.3) is 0 Å². The fourth-order valence-electron chi connectivity index (χ4n) is 4.94. The number of hydrogen-bond acceptors (Lipinski definition) is 11. The monoisotopic (exact) mass is 556 g/mol. The van der Waals surface area contributed by atoms with E-state index in [1.165, 1.54) is 0 Å². The molecule has 0 radical (unpaired) electrons. The van der Waals surface area contributed by atoms with Crippen molar-refractivity contribution in [3.63, 3.8) is 0 Å². The van der Waals surface area contributed by atoms with Gasteiger partial charge in [0.1, 0.15) is 0 Å². The van der Waals surface area contributed by atoms with Crippen molar-refractivity contribution >= 4 is 23.7 Å². The predicted molar refractivity (Wildman–Crippen MR) is 151 cm³/mol. The minimum Gasteiger partial charge on any atom is -0.410 e. The average Bonchev–Trinajstić information content (AvgIpc) is 3.29. The molecule has 0 aromatic rings. The summed E-state index contributed by atoms with van der Waals surface area (Å²) < 4.78 is 10.6. The molecule has 2 aliphatic rings. The Kier molecular flexibility index (Phi) is 11.6. The number of ether oxygens (including phenoxy) is 2. The number of aliphatic hydroxyl groups is 1. The molecule has 1 N–H and O–H groups in total. The molecule has 0 bridgehead atoms. The van der Waals surface area contributed by atoms with Gasteiger partial charge in [-0.15, -0.1) is 6.58 Å². The highest BCUT2D eigenvalue weighted by Crippen LogP contribution is 2.27. The van der Waals surface area contributed by atoms with Crippen molar-refractivity contribution in [1.82, 2.24) is 9.80 Å². The minimum atomic E-state index is -1.21. The smallest absolute Gasteiger partial charge is 0.340 e. The van der Waals surface area contributed by atoms with Crippen LogP contribution in [0.25, 0.3) is 0 Å². The first-order chi connectivity index (χ1) is 18.7. The zero-order valence-corrected chi connectivity index (χ0v) is 24.8. The molecule has 0 aromatic carbocycles. The fraction of sp³-hybridized carbons (Fsp3) is 0.724. The highest BCUT2D eigenvalue weighted by atomic mass is 16.6. The number of carbonyl (C=O) groups is 2. The highest BCUT2D eigenvalue weighted by molar-refractivity contribution is 6.00. The third kappa shape index (κ3) is 9.22. The number of aliphatic imine (C=N–C) groups is 2. The van der Waals surface area contributed by atoms with Crippen molar-refractivity contribution in [3.05, 3.63) is 12.7 Å². The molecule has 220 valence electrons. The maximum absolute atomic E-state index is 12.0. The molecule has 2 unspecified atom stereocenters. The number of nitrogens with zero attached hydrogens (tertiary/aromatic N) is 6. The van der Waals surface area contributed by atoms with Gasteiger partial charge >= 0.3 is 11.9 Å². The molecule has 11 nitrogen and oxygen atoms in total. The molecule has 2 aliphatic heterocycles. The van der Waals surface area contributed by atoms with Crippen LogP contribution in [0.1, 0.15) is 80.1 Å². The van der Waals surface area contributed by atoms with E-state index < -0.39 is 16.7 Å². The van der Waals surface area contributed by atoms with Crippen LogP contribution in [0, 0.1) is 22.7 Å². The van der Waals surface area contributed by atoms with E-state index in [0.29, 0.717) is 76.5 Å². The van der Waals surface area contributed by atoms with Gasteiger partial charge in [-0.2, -0.15) is 10.5 Å². The van der Waals surface area contributed by atoms with Crippen LogP contribution in [0.3, 0.4) is 0 Å². The molecule has 0 amide bonds. The lowest BCUT2D eigenvalue weighted by Gasteiger charge is -2.38. The van der Waals surface area contributed by atoms with Gasteiger partial charge in [0.05, 0.1) is 17.7 Å². The molecule has 40 heavy (non-hydrogen) atoms. The minimum absolute atomic E-state index is 0.115. The van der Waals surface area contributed by atoms with Crippen LogP contribution in [0.2, 0.25) is 0 Å². The van der Waals surface area contributed by atoms with E-state index >= 15 is 0 Å². The Morgan fingerprint density at radius 1 is 0.875 bits per heavy atom. The Morgan fingerprint density at radius 2 is 1.25 bits per heavy atom. The quantitative estimate of drug-likeness (QED) is 0.210. The second kappa shape index (κ2) is 14.0. The molecule has 2 rings (SSSR count). The summed E-state index contributed by atoms with van der Waals surface area (Å²) in [7, 11) is 0. The van der Waals surface area contributed by atoms with E-state index in [1.807, 2.05) is 13.8 Å². The molecule has 11 heteroatoms. The van der Waals surface area contributed by atoms with Gasteiger partial charge in [-0.3, -0.25) is 9.80 Å². The first-order valence-corrected chi connectivity index (χ1v) is 13.9. The summed E-state index contributed by atoms with van der Waals surface area (Å²) in [5, 5.41) is 30.0. The SMILES string of the molecule is C=CC(O)(CC(C)N(CCC#N)CCC1=NC(C)(C)C(=O)O1)CC(C)N(CCC#N)CCC1=NC(C)(C)C(=O)O1. The molecular weight excluding hydrogens is 512 g/mol. The van der Waals surface area contributed by atoms with Gasteiger partial charge in [0.15, 0.2) is 22.9 Å². The molecule has 0 fully saturated rings. The van der Waals surface area contributed by atoms with Crippen molar-refractivity contribution < 1.29 is 24.2 Å². The van der Waals surface area contributed by atoms with Gasteiger partial charge in [0.2, 0.25) is 0 Å². The fourth-order valence-corrected chi connectivity index (χ4v) is 4.94. The Bertz CT molecular complexity index is 1010. The molecule has 0 spiro atoms. The lowest BCUT2D eigenvalue weighted by molar-refractivity contribution is -0.138. The van der Waals surface area contributed by atoms with Gasteiger partial charge < -0.3 is 14.6 Å². The first kappa shape index (κ1) is 33.1. The van der Waals surface area contributed by atoms with E-state index in [2.05, 4.69) is 38.5 Å². The largest absolute Gasteiger partial charge is 0.410 e. The van der Waals surface area contributed by atoms with E-state index in [4.69, 9.17) is 9.47 Å². The highest BCUT2D eigenvalue weighted by Gasteiger charge is 2.38. The second-order valence-electron chi connectivity index (χ2n) is 11.7. The number of hydrogen-bond donors (Lipinski definition) is 1. The van der Waals surface area contributed by atoms with Crippen LogP contribution >= 0.6 is 0 Å². The molecule has 2 heterocycles. The van der Waals surface area contributed by atoms with Gasteiger partial charge in [-0.05, 0) is 54.4 Å². The van der Waals surface area contributed by atoms with E-state index in [9.17, 15) is 25.2 Å². The topological polar surface area (TPSA) is 152 Å². The van der Waals surface area contributed by atoms with Crippen LogP contribution in [-0.4, -0.2) is 93.6 Å². The molecule has 0 aromatic heterocycles. The van der Waals surface area contributed by atoms with Crippen molar-refractivity contribution in [3.8, 4) is 12.1 Å². The Labute approximate surface area is 238 Å². The summed E-state index contributed by atoms with van der Waals surface area (Å²) in [5.74, 6) is 0.00519. The number of esters is 2. The van der Waals surface area contributed by atoms with Crippen LogP contribution in [0.15, 0.2) is 22.6 Å². The van der Waals surface area contributed by atoms with Crippen molar-refractivity contribution in [2.24, 2.45) is 9.98 Å². The summed E-state index contributed by atoms with van der Waals surface area (Å²) in [6.45, 7) is 16.7. The second-order valence-corrected chi connectivity index (χ2v) is 11.7. The maximum Gasteiger partial charge on any atom is 0.340 e. The van der Waals surface area contributed by atoms with Gasteiger partial charge in [-0.1, -0.05) is 6.08 Å². The molecular formula is C29H44N6O5. The molecule has 2 atom stereocenters. The van der Waals surface area contributed by atoms with E-state index in [0.717, 1.165) is 0 Å². The summed E-state index contributed by atoms with van der Waals surface area (Å²) in [6.07, 6.45) is 3.77. The van der Waals surface area contributed by atoms with Crippen molar-refractivity contribution in [2.45, 2.75) is 109 Å². The van der Waals surface area contributed by atoms with Gasteiger partial charge in [-0.25, -0.2) is 19.6 Å². The molecule has 0 saturated carbocycles. The number of carbonyl (C=O) groups excluding carboxylic acids is 2. The summed E-state index contributed by atoms with van der Waals surface area (Å²) >= 11 is 0. The van der Waals surface area contributed by atoms with Crippen LogP contribution < -0.4 is 0 Å². The average molecular weight is 557 g/mol. The summed E-state index contributed by atoms with van der Waals surface area (Å²) in [4.78, 5) is 36.9. The van der Waals surface area contributed by atoms with Crippen molar-refractivity contribution in [2.75, 3.05) is 26.2 Å². The van der Waals surface area contributed by atoms with Crippen LogP contribution in [0.4, 0.5) is 0 Å². The predicted octanol–water partition coefficient (Wildman–Crippen LogP) is 3.14. The molecule has 0 saturated heterocycles. The number of nitriles is 2. The summed E-state index contributed by atoms with van der Waals surface area (Å²) in [6, 6.07) is 4.12. The third-order valence-electron chi connectivity index (χ3n) is 7.40. The van der Waals surface area contributed by atoms with Gasteiger partial charge in [0, 0.05) is 63.9 Å². The van der Waals surface area contributed by atoms with Crippen molar-refractivity contribution in [1.29, 1.82) is 10.5 Å². The number of cyclic esters (lactones) is 2. The Balaban J connectivity index is 2.06. The first-order valence-electron chi connectivity index (χ1n) is 13.9. The normalized spacial score (nSPS) is 20.6. The maximum atomic E-state index is 12.0.